The largest absolute Gasteiger partial charge is 0.348 e. The highest BCUT2D eigenvalue weighted by Gasteiger charge is 2.31. The summed E-state index contributed by atoms with van der Waals surface area (Å²) in [6.45, 7) is 1.96. The summed E-state index contributed by atoms with van der Waals surface area (Å²) < 4.78 is 0. The summed E-state index contributed by atoms with van der Waals surface area (Å²) >= 11 is 0. The highest BCUT2D eigenvalue weighted by atomic mass is 16.2. The van der Waals surface area contributed by atoms with Crippen molar-refractivity contribution >= 4 is 29.1 Å². The maximum Gasteiger partial charge on any atom is 0.282 e. The van der Waals surface area contributed by atoms with Crippen LogP contribution in [0.5, 0.6) is 0 Å². The van der Waals surface area contributed by atoms with E-state index in [1.54, 1.807) is 56.4 Å². The van der Waals surface area contributed by atoms with Gasteiger partial charge in [0.2, 0.25) is 0 Å². The van der Waals surface area contributed by atoms with Crippen LogP contribution in [0.4, 0.5) is 5.69 Å². The number of nitrogens with one attached hydrogen (secondary N) is 3. The molecule has 3 N–H and O–H groups in total. The first-order valence-electron chi connectivity index (χ1n) is 10.1. The summed E-state index contributed by atoms with van der Waals surface area (Å²) in [6.07, 6.45) is 2.04. The number of benzene rings is 2. The third-order valence-electron chi connectivity index (χ3n) is 5.71. The molecular weight excluding hydrogens is 382 g/mol. The Labute approximate surface area is 174 Å². The normalized spacial score (nSPS) is 16.9. The van der Waals surface area contributed by atoms with E-state index >= 15 is 0 Å². The molecule has 7 heteroatoms. The molecule has 0 spiro atoms. The van der Waals surface area contributed by atoms with Crippen LogP contribution in [-0.2, 0) is 9.59 Å². The second-order valence-electron chi connectivity index (χ2n) is 8.04. The summed E-state index contributed by atoms with van der Waals surface area (Å²) in [5.74, 6) is -0.756. The molecule has 0 heterocycles. The lowest BCUT2D eigenvalue weighted by Gasteiger charge is -2.21. The van der Waals surface area contributed by atoms with Crippen molar-refractivity contribution in [2.75, 3.05) is 18.9 Å². The quantitative estimate of drug-likeness (QED) is 0.558. The molecule has 2 aromatic carbocycles. The molecule has 1 unspecified atom stereocenters. The summed E-state index contributed by atoms with van der Waals surface area (Å²) in [5, 5.41) is 5.72. The van der Waals surface area contributed by atoms with E-state index < -0.39 is 6.04 Å². The molecule has 0 aliphatic heterocycles. The Hall–Kier alpha value is -3.32. The molecule has 1 fully saturated rings. The first-order chi connectivity index (χ1) is 14.3. The minimum absolute atomic E-state index is 0.0637. The molecule has 0 bridgehead atoms. The van der Waals surface area contributed by atoms with Crippen LogP contribution in [0.3, 0.4) is 0 Å². The van der Waals surface area contributed by atoms with Gasteiger partial charge in [-0.2, -0.15) is 0 Å². The number of carbonyl (C=O) groups is 4. The maximum absolute atomic E-state index is 12.8. The SMILES string of the molecule is C[C@H](C(=O)Nc1ccc2c(c1)C(=O)c1ccccc1C2=O)[NH+](C)CC(=O)NC1CC1. The highest BCUT2D eigenvalue weighted by Crippen LogP contribution is 2.29. The van der Waals surface area contributed by atoms with E-state index in [-0.39, 0.29) is 41.5 Å². The number of carbonyl (C=O) groups excluding carboxylic acids is 4. The van der Waals surface area contributed by atoms with E-state index in [9.17, 15) is 19.2 Å². The Kier molecular flexibility index (Phi) is 5.22. The van der Waals surface area contributed by atoms with E-state index in [0.29, 0.717) is 22.4 Å². The Morgan fingerprint density at radius 2 is 1.60 bits per heavy atom. The molecule has 0 radical (unpaired) electrons. The molecule has 2 aromatic rings. The minimum atomic E-state index is -0.468. The van der Waals surface area contributed by atoms with E-state index in [1.807, 2.05) is 0 Å². The van der Waals surface area contributed by atoms with E-state index in [0.717, 1.165) is 17.7 Å². The molecule has 2 aliphatic rings. The maximum atomic E-state index is 12.8. The summed E-state index contributed by atoms with van der Waals surface area (Å²) in [5.41, 5.74) is 1.84. The van der Waals surface area contributed by atoms with Crippen LogP contribution in [0.15, 0.2) is 42.5 Å². The molecule has 4 rings (SSSR count). The molecule has 30 heavy (non-hydrogen) atoms. The number of anilines is 1. The number of ketones is 2. The van der Waals surface area contributed by atoms with Gasteiger partial charge in [0.05, 0.1) is 7.05 Å². The van der Waals surface area contributed by atoms with Gasteiger partial charge < -0.3 is 15.5 Å². The predicted molar refractivity (Wildman–Crippen MR) is 111 cm³/mol. The molecule has 2 amide bonds. The van der Waals surface area contributed by atoms with Gasteiger partial charge in [0, 0.05) is 34.0 Å². The number of hydrogen-bond donors (Lipinski definition) is 3. The first-order valence-corrected chi connectivity index (χ1v) is 10.1. The smallest absolute Gasteiger partial charge is 0.282 e. The zero-order chi connectivity index (χ0) is 21.4. The van der Waals surface area contributed by atoms with Crippen LogP contribution < -0.4 is 15.5 Å². The van der Waals surface area contributed by atoms with Crippen LogP contribution in [0, 0.1) is 0 Å². The van der Waals surface area contributed by atoms with Gasteiger partial charge in [-0.25, -0.2) is 0 Å². The van der Waals surface area contributed by atoms with Gasteiger partial charge in [-0.15, -0.1) is 0 Å². The van der Waals surface area contributed by atoms with Crippen molar-refractivity contribution in [1.29, 1.82) is 0 Å². The van der Waals surface area contributed by atoms with Crippen molar-refractivity contribution in [2.45, 2.75) is 31.8 Å². The minimum Gasteiger partial charge on any atom is -0.348 e. The second-order valence-corrected chi connectivity index (χ2v) is 8.04. The van der Waals surface area contributed by atoms with Crippen molar-refractivity contribution in [2.24, 2.45) is 0 Å². The lowest BCUT2D eigenvalue weighted by atomic mass is 9.84. The molecule has 2 aliphatic carbocycles. The van der Waals surface area contributed by atoms with Crippen molar-refractivity contribution < 1.29 is 24.1 Å². The Morgan fingerprint density at radius 1 is 1.00 bits per heavy atom. The molecule has 154 valence electrons. The molecule has 0 aromatic heterocycles. The van der Waals surface area contributed by atoms with Crippen molar-refractivity contribution in [3.8, 4) is 0 Å². The lowest BCUT2D eigenvalue weighted by Crippen LogP contribution is -3.15. The van der Waals surface area contributed by atoms with E-state index in [2.05, 4.69) is 10.6 Å². The number of hydrogen-bond acceptors (Lipinski definition) is 4. The van der Waals surface area contributed by atoms with Gasteiger partial charge >= 0.3 is 0 Å². The van der Waals surface area contributed by atoms with Crippen LogP contribution in [0.1, 0.15) is 51.6 Å². The molecule has 7 nitrogen and oxygen atoms in total. The summed E-state index contributed by atoms with van der Waals surface area (Å²) in [6, 6.07) is 11.3. The third-order valence-corrected chi connectivity index (χ3v) is 5.71. The van der Waals surface area contributed by atoms with Crippen LogP contribution >= 0.6 is 0 Å². The zero-order valence-electron chi connectivity index (χ0n) is 17.0. The van der Waals surface area contributed by atoms with Crippen LogP contribution in [0.25, 0.3) is 0 Å². The molecular formula is C23H24N3O4+. The monoisotopic (exact) mass is 406 g/mol. The fourth-order valence-electron chi connectivity index (χ4n) is 3.56. The fourth-order valence-corrected chi connectivity index (χ4v) is 3.56. The van der Waals surface area contributed by atoms with Crippen LogP contribution in [-0.4, -0.2) is 49.1 Å². The number of likely N-dealkylation sites (N-methyl/N-ethyl adjacent to an activating group) is 1. The van der Waals surface area contributed by atoms with E-state index in [1.165, 1.54) is 0 Å². The average molecular weight is 406 g/mol. The number of fused-ring (bicyclic) bond motifs is 2. The Bertz CT molecular complexity index is 1060. The van der Waals surface area contributed by atoms with Crippen molar-refractivity contribution in [3.63, 3.8) is 0 Å². The molecule has 1 saturated carbocycles. The van der Waals surface area contributed by atoms with Gasteiger partial charge in [0.25, 0.3) is 11.8 Å². The first kappa shape index (κ1) is 20.0. The number of amides is 2. The summed E-state index contributed by atoms with van der Waals surface area (Å²) in [7, 11) is 1.79. The zero-order valence-corrected chi connectivity index (χ0v) is 17.0. The Balaban J connectivity index is 1.46. The van der Waals surface area contributed by atoms with Gasteiger partial charge in [0.1, 0.15) is 0 Å². The second kappa shape index (κ2) is 7.84. The number of quaternary nitrogens is 1. The van der Waals surface area contributed by atoms with Crippen LogP contribution in [0.2, 0.25) is 0 Å². The van der Waals surface area contributed by atoms with Gasteiger partial charge in [-0.1, -0.05) is 24.3 Å². The average Bonchev–Trinajstić information content (AvgIpc) is 3.55. The molecule has 2 atom stereocenters. The number of rotatable bonds is 6. The lowest BCUT2D eigenvalue weighted by molar-refractivity contribution is -0.885. The van der Waals surface area contributed by atoms with Crippen molar-refractivity contribution in [3.05, 3.63) is 64.7 Å². The standard InChI is InChI=1S/C23H23N3O4/c1-13(26(2)12-20(27)24-14-7-8-14)23(30)25-15-9-10-18-19(11-15)22(29)17-6-4-3-5-16(17)21(18)28/h3-6,9-11,13-14H,7-8,12H2,1-2H3,(H,24,27)(H,25,30)/p+1/t13-/m1/s1. The predicted octanol–water partition coefficient (Wildman–Crippen LogP) is 0.582. The molecule has 0 saturated heterocycles. The van der Waals surface area contributed by atoms with E-state index in [4.69, 9.17) is 0 Å². The van der Waals surface area contributed by atoms with Gasteiger partial charge in [-0.05, 0) is 38.0 Å². The summed E-state index contributed by atoms with van der Waals surface area (Å²) in [4.78, 5) is 50.9. The topological polar surface area (TPSA) is 96.8 Å². The highest BCUT2D eigenvalue weighted by molar-refractivity contribution is 6.28. The fraction of sp³-hybridized carbons (Fsp3) is 0.304. The van der Waals surface area contributed by atoms with Gasteiger partial charge in [-0.3, -0.25) is 19.2 Å². The van der Waals surface area contributed by atoms with Crippen molar-refractivity contribution in [1.82, 2.24) is 5.32 Å². The third kappa shape index (κ3) is 3.89. The van der Waals surface area contributed by atoms with Gasteiger partial charge in [0.15, 0.2) is 24.2 Å². The Morgan fingerprint density at radius 3 is 2.23 bits per heavy atom.